The lowest BCUT2D eigenvalue weighted by Crippen LogP contribution is -2.40. The molecular formula is C19H16ClN5O2. The van der Waals surface area contributed by atoms with E-state index in [4.69, 9.17) is 16.4 Å². The number of anilines is 1. The average Bonchev–Trinajstić information content (AvgIpc) is 3.33. The van der Waals surface area contributed by atoms with Crippen LogP contribution in [0.4, 0.5) is 5.69 Å². The first-order valence-corrected chi connectivity index (χ1v) is 8.70. The minimum Gasteiger partial charge on any atom is -0.379 e. The molecule has 1 aliphatic rings. The fourth-order valence-electron chi connectivity index (χ4n) is 2.85. The van der Waals surface area contributed by atoms with Gasteiger partial charge in [-0.1, -0.05) is 47.1 Å². The van der Waals surface area contributed by atoms with Crippen LogP contribution in [0.25, 0.3) is 11.4 Å². The maximum absolute atomic E-state index is 12.8. The largest absolute Gasteiger partial charge is 0.379 e. The number of nitrogens with zero attached hydrogens (tertiary/aromatic N) is 3. The highest BCUT2D eigenvalue weighted by atomic mass is 35.5. The number of rotatable bonds is 4. The Hall–Kier alpha value is -3.19. The second-order valence-electron chi connectivity index (χ2n) is 6.39. The number of carbonyl (C=O) groups is 1. The number of H-pyrrole nitrogens is 1. The van der Waals surface area contributed by atoms with Gasteiger partial charge in [-0.3, -0.25) is 9.89 Å². The Morgan fingerprint density at radius 1 is 1.26 bits per heavy atom. The van der Waals surface area contributed by atoms with Crippen LogP contribution in [0.15, 0.2) is 60.0 Å². The van der Waals surface area contributed by atoms with E-state index in [2.05, 4.69) is 25.7 Å². The molecule has 0 aliphatic carbocycles. The Balaban J connectivity index is 1.49. The molecule has 2 aromatic carbocycles. The van der Waals surface area contributed by atoms with Crippen molar-refractivity contribution in [2.24, 2.45) is 5.16 Å². The van der Waals surface area contributed by atoms with Gasteiger partial charge in [-0.2, -0.15) is 5.10 Å². The summed E-state index contributed by atoms with van der Waals surface area (Å²) in [6, 6.07) is 14.7. The molecule has 1 atom stereocenters. The van der Waals surface area contributed by atoms with Gasteiger partial charge in [0.15, 0.2) is 5.82 Å². The predicted molar refractivity (Wildman–Crippen MR) is 103 cm³/mol. The van der Waals surface area contributed by atoms with Gasteiger partial charge < -0.3 is 10.2 Å². The number of hydrogen-bond acceptors (Lipinski definition) is 5. The number of aromatic nitrogens is 3. The summed E-state index contributed by atoms with van der Waals surface area (Å²) >= 11 is 6.22. The van der Waals surface area contributed by atoms with Crippen LogP contribution in [0.2, 0.25) is 5.02 Å². The third-order valence-corrected chi connectivity index (χ3v) is 4.67. The smallest absolute Gasteiger partial charge is 0.271 e. The molecule has 0 saturated carbocycles. The number of nitrogens with one attached hydrogen (secondary N) is 2. The first-order valence-electron chi connectivity index (χ1n) is 8.32. The van der Waals surface area contributed by atoms with Crippen molar-refractivity contribution in [3.63, 3.8) is 0 Å². The molecule has 0 spiro atoms. The molecule has 1 aromatic heterocycles. The number of aromatic amines is 1. The third kappa shape index (κ3) is 3.41. The maximum atomic E-state index is 12.8. The van der Waals surface area contributed by atoms with Gasteiger partial charge in [-0.05, 0) is 25.1 Å². The van der Waals surface area contributed by atoms with Crippen LogP contribution in [0.5, 0.6) is 0 Å². The van der Waals surface area contributed by atoms with Crippen molar-refractivity contribution in [3.05, 3.63) is 65.4 Å². The van der Waals surface area contributed by atoms with Gasteiger partial charge in [0.2, 0.25) is 5.60 Å². The molecule has 7 nitrogen and oxygen atoms in total. The zero-order valence-corrected chi connectivity index (χ0v) is 15.2. The van der Waals surface area contributed by atoms with Crippen LogP contribution < -0.4 is 5.32 Å². The SMILES string of the molecule is C[C@]1(C(=O)Nc2cccc(-c3ncn[nH]3)c2)CC(c2ccccc2Cl)=NO1. The molecule has 0 unspecified atom stereocenters. The number of oxime groups is 1. The quantitative estimate of drug-likeness (QED) is 0.721. The van der Waals surface area contributed by atoms with E-state index in [1.807, 2.05) is 36.4 Å². The Bertz CT molecular complexity index is 1020. The number of benzene rings is 2. The van der Waals surface area contributed by atoms with Crippen molar-refractivity contribution < 1.29 is 9.63 Å². The van der Waals surface area contributed by atoms with Crippen molar-refractivity contribution in [2.45, 2.75) is 18.9 Å². The minimum absolute atomic E-state index is 0.289. The van der Waals surface area contributed by atoms with Crippen molar-refractivity contribution in [2.75, 3.05) is 5.32 Å². The maximum Gasteiger partial charge on any atom is 0.271 e. The van der Waals surface area contributed by atoms with E-state index in [9.17, 15) is 4.79 Å². The van der Waals surface area contributed by atoms with Crippen LogP contribution in [-0.4, -0.2) is 32.4 Å². The Kier molecular flexibility index (Phi) is 4.37. The zero-order chi connectivity index (χ0) is 18.9. The summed E-state index contributed by atoms with van der Waals surface area (Å²) in [7, 11) is 0. The highest BCUT2D eigenvalue weighted by Gasteiger charge is 2.42. The summed E-state index contributed by atoms with van der Waals surface area (Å²) in [6.45, 7) is 1.70. The summed E-state index contributed by atoms with van der Waals surface area (Å²) in [6.07, 6.45) is 1.76. The second-order valence-corrected chi connectivity index (χ2v) is 6.79. The van der Waals surface area contributed by atoms with E-state index in [1.165, 1.54) is 6.33 Å². The van der Waals surface area contributed by atoms with Gasteiger partial charge in [-0.15, -0.1) is 0 Å². The van der Waals surface area contributed by atoms with Crippen LogP contribution >= 0.6 is 11.6 Å². The summed E-state index contributed by atoms with van der Waals surface area (Å²) < 4.78 is 0. The summed E-state index contributed by atoms with van der Waals surface area (Å²) in [5.41, 5.74) is 1.74. The van der Waals surface area contributed by atoms with Crippen LogP contribution in [0.3, 0.4) is 0 Å². The molecule has 2 N–H and O–H groups in total. The van der Waals surface area contributed by atoms with Gasteiger partial charge in [-0.25, -0.2) is 4.98 Å². The molecule has 0 saturated heterocycles. The highest BCUT2D eigenvalue weighted by molar-refractivity contribution is 6.34. The van der Waals surface area contributed by atoms with Gasteiger partial charge >= 0.3 is 0 Å². The van der Waals surface area contributed by atoms with E-state index in [0.29, 0.717) is 28.7 Å². The molecule has 2 heterocycles. The molecule has 136 valence electrons. The molecule has 0 radical (unpaired) electrons. The molecule has 8 heteroatoms. The van der Waals surface area contributed by atoms with Crippen LogP contribution in [-0.2, 0) is 9.63 Å². The predicted octanol–water partition coefficient (Wildman–Crippen LogP) is 3.65. The number of amides is 1. The van der Waals surface area contributed by atoms with Gasteiger partial charge in [0, 0.05) is 28.3 Å². The molecular weight excluding hydrogens is 366 g/mol. The highest BCUT2D eigenvalue weighted by Crippen LogP contribution is 2.30. The molecule has 4 rings (SSSR count). The number of halogens is 1. The fraction of sp³-hybridized carbons (Fsp3) is 0.158. The number of carbonyl (C=O) groups excluding carboxylic acids is 1. The van der Waals surface area contributed by atoms with Crippen LogP contribution in [0, 0.1) is 0 Å². The summed E-state index contributed by atoms with van der Waals surface area (Å²) in [4.78, 5) is 22.4. The third-order valence-electron chi connectivity index (χ3n) is 4.34. The molecule has 0 bridgehead atoms. The Labute approximate surface area is 160 Å². The lowest BCUT2D eigenvalue weighted by molar-refractivity contribution is -0.135. The summed E-state index contributed by atoms with van der Waals surface area (Å²) in [5.74, 6) is 0.335. The lowest BCUT2D eigenvalue weighted by Gasteiger charge is -2.20. The van der Waals surface area contributed by atoms with Crippen molar-refractivity contribution in [1.29, 1.82) is 0 Å². The average molecular weight is 382 g/mol. The van der Waals surface area contributed by atoms with Crippen molar-refractivity contribution >= 4 is 28.9 Å². The molecule has 1 amide bonds. The molecule has 0 fully saturated rings. The van der Waals surface area contributed by atoms with E-state index < -0.39 is 5.60 Å². The second kappa shape index (κ2) is 6.85. The van der Waals surface area contributed by atoms with E-state index in [1.54, 1.807) is 19.1 Å². The first-order chi connectivity index (χ1) is 13.0. The fourth-order valence-corrected chi connectivity index (χ4v) is 3.10. The molecule has 1 aliphatic heterocycles. The standard InChI is InChI=1S/C19H16ClN5O2/c1-19(10-16(25-27-19)14-7-2-3-8-15(14)20)18(26)23-13-6-4-5-12(9-13)17-21-11-22-24-17/h2-9,11H,10H2,1H3,(H,23,26)(H,21,22,24)/t19-/m1/s1. The Morgan fingerprint density at radius 3 is 2.89 bits per heavy atom. The van der Waals surface area contributed by atoms with Crippen molar-refractivity contribution in [3.8, 4) is 11.4 Å². The van der Waals surface area contributed by atoms with E-state index in [0.717, 1.165) is 11.1 Å². The lowest BCUT2D eigenvalue weighted by atomic mass is 9.95. The topological polar surface area (TPSA) is 92.3 Å². The van der Waals surface area contributed by atoms with Crippen LogP contribution in [0.1, 0.15) is 18.9 Å². The van der Waals surface area contributed by atoms with Gasteiger partial charge in [0.1, 0.15) is 6.33 Å². The Morgan fingerprint density at radius 2 is 2.11 bits per heavy atom. The summed E-state index contributed by atoms with van der Waals surface area (Å²) in [5, 5.41) is 14.2. The number of hydrogen-bond donors (Lipinski definition) is 2. The zero-order valence-electron chi connectivity index (χ0n) is 14.4. The van der Waals surface area contributed by atoms with E-state index in [-0.39, 0.29) is 5.91 Å². The monoisotopic (exact) mass is 381 g/mol. The van der Waals surface area contributed by atoms with E-state index >= 15 is 0 Å². The minimum atomic E-state index is -1.11. The van der Waals surface area contributed by atoms with Gasteiger partial charge in [0.25, 0.3) is 5.91 Å². The van der Waals surface area contributed by atoms with Gasteiger partial charge in [0.05, 0.1) is 5.71 Å². The van der Waals surface area contributed by atoms with Crippen molar-refractivity contribution in [1.82, 2.24) is 15.2 Å². The first kappa shape index (κ1) is 17.2. The molecule has 27 heavy (non-hydrogen) atoms. The normalized spacial score (nSPS) is 18.7. The molecule has 3 aromatic rings.